The Kier molecular flexibility index (Phi) is 6.31. The molecule has 0 spiro atoms. The number of aromatic nitrogens is 1. The van der Waals surface area contributed by atoms with Crippen LogP contribution < -0.4 is 20.6 Å². The van der Waals surface area contributed by atoms with Gasteiger partial charge in [0.1, 0.15) is 17.3 Å². The lowest BCUT2D eigenvalue weighted by molar-refractivity contribution is 0.319. The van der Waals surface area contributed by atoms with Crippen molar-refractivity contribution in [1.29, 1.82) is 0 Å². The van der Waals surface area contributed by atoms with Crippen molar-refractivity contribution in [3.05, 3.63) is 58.6 Å². The maximum atomic E-state index is 14.8. The maximum Gasteiger partial charge on any atom is 0.200 e. The zero-order valence-electron chi connectivity index (χ0n) is 16.2. The van der Waals surface area contributed by atoms with Gasteiger partial charge in [-0.3, -0.25) is 4.79 Å². The van der Waals surface area contributed by atoms with E-state index in [4.69, 9.17) is 15.2 Å². The molecule has 0 saturated carbocycles. The highest BCUT2D eigenvalue weighted by atomic mass is 19.1. The van der Waals surface area contributed by atoms with Gasteiger partial charge in [0.05, 0.1) is 24.6 Å². The molecule has 0 saturated heterocycles. The summed E-state index contributed by atoms with van der Waals surface area (Å²) in [5.74, 6) is 0.642. The van der Waals surface area contributed by atoms with Gasteiger partial charge in [-0.2, -0.15) is 0 Å². The molecule has 1 aromatic heterocycles. The number of halogens is 1. The summed E-state index contributed by atoms with van der Waals surface area (Å²) >= 11 is 0. The number of aryl methyl sites for hydroxylation is 1. The van der Waals surface area contributed by atoms with Crippen LogP contribution in [0.3, 0.4) is 0 Å². The smallest absolute Gasteiger partial charge is 0.200 e. The quantitative estimate of drug-likeness (QED) is 0.639. The number of fused-ring (bicyclic) bond motifs is 1. The molecule has 2 aromatic carbocycles. The Morgan fingerprint density at radius 3 is 2.54 bits per heavy atom. The first-order valence-electron chi connectivity index (χ1n) is 9.43. The van der Waals surface area contributed by atoms with Gasteiger partial charge in [-0.25, -0.2) is 4.39 Å². The fourth-order valence-electron chi connectivity index (χ4n) is 3.20. The Balaban J connectivity index is 2.27. The molecule has 0 aliphatic rings. The minimum atomic E-state index is -0.555. The summed E-state index contributed by atoms with van der Waals surface area (Å²) in [6, 6.07) is 10.0. The first-order valence-corrected chi connectivity index (χ1v) is 9.43. The molecule has 6 heteroatoms. The Morgan fingerprint density at radius 2 is 1.89 bits per heavy atom. The standard InChI is InChI=1S/C22H25FN2O3/c1-3-13-28-19-10-9-18(23)20-21(19)25(12-4-11-24)14-17(22(20)26)15-5-7-16(27-2)8-6-15/h5-10,14H,3-4,11-13,24H2,1-2H3. The minimum Gasteiger partial charge on any atom is -0.497 e. The van der Waals surface area contributed by atoms with E-state index in [-0.39, 0.29) is 10.8 Å². The number of nitrogens with two attached hydrogens (primary N) is 1. The van der Waals surface area contributed by atoms with Gasteiger partial charge in [0.2, 0.25) is 0 Å². The van der Waals surface area contributed by atoms with Crippen molar-refractivity contribution in [3.8, 4) is 22.6 Å². The SMILES string of the molecule is CCCOc1ccc(F)c2c(=O)c(-c3ccc(OC)cc3)cn(CCCN)c12. The van der Waals surface area contributed by atoms with Gasteiger partial charge < -0.3 is 19.8 Å². The molecule has 2 N–H and O–H groups in total. The van der Waals surface area contributed by atoms with Crippen LogP contribution >= 0.6 is 0 Å². The summed E-state index contributed by atoms with van der Waals surface area (Å²) in [4.78, 5) is 13.2. The number of hydrogen-bond acceptors (Lipinski definition) is 4. The molecule has 1 heterocycles. The molecule has 0 atom stereocenters. The number of hydrogen-bond donors (Lipinski definition) is 1. The molecular weight excluding hydrogens is 359 g/mol. The third-order valence-corrected chi connectivity index (χ3v) is 4.60. The summed E-state index contributed by atoms with van der Waals surface area (Å²) in [6.45, 7) is 3.54. The lowest BCUT2D eigenvalue weighted by atomic mass is 10.0. The zero-order valence-corrected chi connectivity index (χ0v) is 16.2. The van der Waals surface area contributed by atoms with Crippen molar-refractivity contribution in [3.63, 3.8) is 0 Å². The van der Waals surface area contributed by atoms with Crippen LogP contribution in [0.15, 0.2) is 47.4 Å². The van der Waals surface area contributed by atoms with Crippen LogP contribution in [0.4, 0.5) is 4.39 Å². The Morgan fingerprint density at radius 1 is 1.14 bits per heavy atom. The fourth-order valence-corrected chi connectivity index (χ4v) is 3.20. The molecule has 0 radical (unpaired) electrons. The monoisotopic (exact) mass is 384 g/mol. The molecular formula is C22H25FN2O3. The van der Waals surface area contributed by atoms with Gasteiger partial charge in [0.15, 0.2) is 5.43 Å². The first kappa shape index (κ1) is 19.9. The van der Waals surface area contributed by atoms with Crippen molar-refractivity contribution in [2.24, 2.45) is 5.73 Å². The van der Waals surface area contributed by atoms with E-state index in [9.17, 15) is 9.18 Å². The molecule has 148 valence electrons. The van der Waals surface area contributed by atoms with E-state index in [0.717, 1.165) is 6.42 Å². The fraction of sp³-hybridized carbons (Fsp3) is 0.318. The van der Waals surface area contributed by atoms with Crippen molar-refractivity contribution in [2.75, 3.05) is 20.3 Å². The molecule has 28 heavy (non-hydrogen) atoms. The predicted octanol–water partition coefficient (Wildman–Crippen LogP) is 3.95. The van der Waals surface area contributed by atoms with Crippen LogP contribution in [-0.2, 0) is 6.54 Å². The molecule has 0 aliphatic carbocycles. The van der Waals surface area contributed by atoms with Crippen LogP contribution in [0.25, 0.3) is 22.0 Å². The van der Waals surface area contributed by atoms with Crippen LogP contribution in [-0.4, -0.2) is 24.8 Å². The van der Waals surface area contributed by atoms with Gasteiger partial charge in [-0.1, -0.05) is 19.1 Å². The van der Waals surface area contributed by atoms with Crippen LogP contribution in [0.2, 0.25) is 0 Å². The number of pyridine rings is 1. The van der Waals surface area contributed by atoms with Gasteiger partial charge in [0.25, 0.3) is 0 Å². The molecule has 0 fully saturated rings. The van der Waals surface area contributed by atoms with Crippen LogP contribution in [0.5, 0.6) is 11.5 Å². The van der Waals surface area contributed by atoms with Gasteiger partial charge in [-0.15, -0.1) is 0 Å². The minimum absolute atomic E-state index is 0.0407. The molecule has 0 aliphatic heterocycles. The van der Waals surface area contributed by atoms with E-state index in [1.165, 1.54) is 6.07 Å². The van der Waals surface area contributed by atoms with Gasteiger partial charge in [-0.05, 0) is 49.2 Å². The summed E-state index contributed by atoms with van der Waals surface area (Å²) in [7, 11) is 1.58. The summed E-state index contributed by atoms with van der Waals surface area (Å²) < 4.78 is 27.6. The average Bonchev–Trinajstić information content (AvgIpc) is 2.72. The number of methoxy groups -OCH3 is 1. The Bertz CT molecular complexity index is 1010. The van der Waals surface area contributed by atoms with Gasteiger partial charge >= 0.3 is 0 Å². The highest BCUT2D eigenvalue weighted by molar-refractivity contribution is 5.89. The second kappa shape index (κ2) is 8.89. The average molecular weight is 384 g/mol. The number of nitrogens with zero attached hydrogens (tertiary/aromatic N) is 1. The molecule has 3 rings (SSSR count). The summed E-state index contributed by atoms with van der Waals surface area (Å²) in [6.07, 6.45) is 3.28. The molecule has 0 unspecified atom stereocenters. The predicted molar refractivity (Wildman–Crippen MR) is 110 cm³/mol. The number of benzene rings is 2. The Labute approximate surface area is 163 Å². The largest absolute Gasteiger partial charge is 0.497 e. The van der Waals surface area contributed by atoms with Crippen molar-refractivity contribution in [2.45, 2.75) is 26.3 Å². The van der Waals surface area contributed by atoms with Crippen molar-refractivity contribution < 1.29 is 13.9 Å². The highest BCUT2D eigenvalue weighted by Crippen LogP contribution is 2.30. The summed E-state index contributed by atoms with van der Waals surface area (Å²) in [5.41, 5.74) is 6.94. The van der Waals surface area contributed by atoms with Crippen molar-refractivity contribution in [1.82, 2.24) is 4.57 Å². The van der Waals surface area contributed by atoms with E-state index in [1.54, 1.807) is 43.6 Å². The molecule has 5 nitrogen and oxygen atoms in total. The van der Waals surface area contributed by atoms with Crippen LogP contribution in [0, 0.1) is 5.82 Å². The summed E-state index contributed by atoms with van der Waals surface area (Å²) in [5, 5.41) is 0.0407. The second-order valence-corrected chi connectivity index (χ2v) is 6.55. The first-order chi connectivity index (χ1) is 13.6. The molecule has 3 aromatic rings. The lowest BCUT2D eigenvalue weighted by Gasteiger charge is -2.17. The van der Waals surface area contributed by atoms with E-state index in [1.807, 2.05) is 11.5 Å². The third-order valence-electron chi connectivity index (χ3n) is 4.60. The second-order valence-electron chi connectivity index (χ2n) is 6.55. The topological polar surface area (TPSA) is 66.5 Å². The third kappa shape index (κ3) is 3.87. The van der Waals surface area contributed by atoms with E-state index < -0.39 is 5.82 Å². The Hall–Kier alpha value is -2.86. The highest BCUT2D eigenvalue weighted by Gasteiger charge is 2.18. The lowest BCUT2D eigenvalue weighted by Crippen LogP contribution is -2.16. The zero-order chi connectivity index (χ0) is 20.1. The van der Waals surface area contributed by atoms with Crippen molar-refractivity contribution >= 4 is 10.9 Å². The van der Waals surface area contributed by atoms with E-state index in [2.05, 4.69) is 0 Å². The maximum absolute atomic E-state index is 14.8. The molecule has 0 amide bonds. The van der Waals surface area contributed by atoms with Crippen LogP contribution in [0.1, 0.15) is 19.8 Å². The number of rotatable bonds is 8. The van der Waals surface area contributed by atoms with E-state index >= 15 is 0 Å². The van der Waals surface area contributed by atoms with E-state index in [0.29, 0.717) is 54.3 Å². The number of ether oxygens (including phenoxy) is 2. The molecule has 0 bridgehead atoms. The van der Waals surface area contributed by atoms with Gasteiger partial charge in [0, 0.05) is 18.3 Å². The normalized spacial score (nSPS) is 11.0.